The molecular weight excluding hydrogens is 378 g/mol. The average Bonchev–Trinajstić information content (AvgIpc) is 2.37. The normalized spacial score (nSPS) is 11.4. The molecule has 112 valence electrons. The van der Waals surface area contributed by atoms with Gasteiger partial charge in [-0.05, 0) is 59.1 Å². The molecule has 0 amide bonds. The molecule has 0 aliphatic carbocycles. The van der Waals surface area contributed by atoms with Crippen molar-refractivity contribution >= 4 is 48.9 Å². The van der Waals surface area contributed by atoms with Crippen molar-refractivity contribution in [3.8, 4) is 0 Å². The number of anilines is 2. The van der Waals surface area contributed by atoms with Gasteiger partial charge in [-0.15, -0.1) is 0 Å². The van der Waals surface area contributed by atoms with Gasteiger partial charge in [0.15, 0.2) is 5.15 Å². The van der Waals surface area contributed by atoms with Crippen LogP contribution in [0.15, 0.2) is 33.8 Å². The van der Waals surface area contributed by atoms with Gasteiger partial charge in [0.05, 0.1) is 10.6 Å². The maximum Gasteiger partial charge on any atom is 0.262 e. The summed E-state index contributed by atoms with van der Waals surface area (Å²) in [4.78, 5) is 4.01. The Labute approximate surface area is 136 Å². The second kappa shape index (κ2) is 5.82. The second-order valence-corrected chi connectivity index (χ2v) is 7.46. The van der Waals surface area contributed by atoms with Crippen LogP contribution in [-0.2, 0) is 10.0 Å². The summed E-state index contributed by atoms with van der Waals surface area (Å²) in [5.41, 5.74) is 7.70. The number of benzene rings is 1. The lowest BCUT2D eigenvalue weighted by Crippen LogP contribution is -2.15. The first kappa shape index (κ1) is 16.1. The molecule has 1 aromatic carbocycles. The van der Waals surface area contributed by atoms with Gasteiger partial charge in [0.1, 0.15) is 0 Å². The molecule has 1 aromatic heterocycles. The number of nitrogens with zero attached hydrogens (tertiary/aromatic N) is 1. The Kier molecular flexibility index (Phi) is 4.46. The quantitative estimate of drug-likeness (QED) is 0.620. The molecule has 0 saturated carbocycles. The molecular formula is C13H13BrClN3O2S. The third kappa shape index (κ3) is 3.48. The molecule has 2 aromatic rings. The molecule has 2 rings (SSSR count). The van der Waals surface area contributed by atoms with E-state index in [-0.39, 0.29) is 15.7 Å². The summed E-state index contributed by atoms with van der Waals surface area (Å²) in [6, 6.07) is 4.67. The molecule has 0 radical (unpaired) electrons. The second-order valence-electron chi connectivity index (χ2n) is 4.60. The van der Waals surface area contributed by atoms with Crippen LogP contribution in [0.2, 0.25) is 5.15 Å². The Morgan fingerprint density at radius 2 is 1.95 bits per heavy atom. The Bertz CT molecular complexity index is 809. The number of nitrogen functional groups attached to an aromatic ring is 1. The first-order chi connectivity index (χ1) is 9.70. The highest BCUT2D eigenvalue weighted by Crippen LogP contribution is 2.29. The minimum atomic E-state index is -3.80. The van der Waals surface area contributed by atoms with Crippen LogP contribution >= 0.6 is 27.5 Å². The lowest BCUT2D eigenvalue weighted by atomic mass is 10.2. The monoisotopic (exact) mass is 389 g/mol. The number of sulfonamides is 1. The summed E-state index contributed by atoms with van der Waals surface area (Å²) in [6.45, 7) is 3.48. The predicted molar refractivity (Wildman–Crippen MR) is 88.1 cm³/mol. The number of pyridine rings is 1. The van der Waals surface area contributed by atoms with Gasteiger partial charge in [0.25, 0.3) is 10.0 Å². The van der Waals surface area contributed by atoms with Crippen molar-refractivity contribution in [2.45, 2.75) is 18.7 Å². The molecule has 0 unspecified atom stereocenters. The van der Waals surface area contributed by atoms with Gasteiger partial charge in [-0.2, -0.15) is 0 Å². The summed E-state index contributed by atoms with van der Waals surface area (Å²) in [7, 11) is -3.80. The molecule has 21 heavy (non-hydrogen) atoms. The fourth-order valence-electron chi connectivity index (χ4n) is 1.78. The van der Waals surface area contributed by atoms with Gasteiger partial charge >= 0.3 is 0 Å². The third-order valence-corrected chi connectivity index (χ3v) is 5.30. The van der Waals surface area contributed by atoms with Crippen LogP contribution in [0.25, 0.3) is 0 Å². The van der Waals surface area contributed by atoms with Gasteiger partial charge in [-0.3, -0.25) is 4.72 Å². The molecule has 3 N–H and O–H groups in total. The number of nitrogens with two attached hydrogens (primary N) is 1. The molecule has 0 saturated heterocycles. The van der Waals surface area contributed by atoms with Gasteiger partial charge in [-0.1, -0.05) is 11.6 Å². The highest BCUT2D eigenvalue weighted by molar-refractivity contribution is 9.10. The summed E-state index contributed by atoms with van der Waals surface area (Å²) in [5, 5.41) is 0.0897. The number of rotatable bonds is 3. The molecule has 0 spiro atoms. The van der Waals surface area contributed by atoms with Crippen molar-refractivity contribution < 1.29 is 8.42 Å². The highest BCUT2D eigenvalue weighted by atomic mass is 79.9. The van der Waals surface area contributed by atoms with E-state index in [4.69, 9.17) is 17.3 Å². The number of nitrogens with one attached hydrogen (secondary N) is 1. The van der Waals surface area contributed by atoms with E-state index in [2.05, 4.69) is 25.6 Å². The highest BCUT2D eigenvalue weighted by Gasteiger charge is 2.20. The molecule has 5 nitrogen and oxygen atoms in total. The molecule has 0 fully saturated rings. The molecule has 0 atom stereocenters. The van der Waals surface area contributed by atoms with E-state index in [1.807, 2.05) is 0 Å². The van der Waals surface area contributed by atoms with E-state index in [0.717, 1.165) is 5.56 Å². The van der Waals surface area contributed by atoms with E-state index in [1.165, 1.54) is 6.07 Å². The van der Waals surface area contributed by atoms with Crippen molar-refractivity contribution in [3.63, 3.8) is 0 Å². The summed E-state index contributed by atoms with van der Waals surface area (Å²) in [6.07, 6.45) is 1.56. The molecule has 0 aliphatic rings. The maximum atomic E-state index is 12.5. The van der Waals surface area contributed by atoms with E-state index >= 15 is 0 Å². The van der Waals surface area contributed by atoms with Crippen LogP contribution in [0.5, 0.6) is 0 Å². The number of aryl methyl sites for hydroxylation is 2. The molecule has 8 heteroatoms. The van der Waals surface area contributed by atoms with Gasteiger partial charge in [-0.25, -0.2) is 13.4 Å². The predicted octanol–water partition coefficient (Wildman–Crippen LogP) is 3.50. The SMILES string of the molecule is Cc1cnc(Cl)c(NS(=O)(=O)c2cc(N)c(Br)cc2C)c1. The first-order valence-electron chi connectivity index (χ1n) is 5.91. The zero-order chi connectivity index (χ0) is 15.8. The largest absolute Gasteiger partial charge is 0.398 e. The van der Waals surface area contributed by atoms with Gasteiger partial charge in [0.2, 0.25) is 0 Å². The lowest BCUT2D eigenvalue weighted by molar-refractivity contribution is 0.600. The van der Waals surface area contributed by atoms with E-state index in [0.29, 0.717) is 15.7 Å². The van der Waals surface area contributed by atoms with Crippen LogP contribution in [0.1, 0.15) is 11.1 Å². The van der Waals surface area contributed by atoms with Crippen LogP contribution in [0.4, 0.5) is 11.4 Å². The van der Waals surface area contributed by atoms with Crippen LogP contribution < -0.4 is 10.5 Å². The number of halogens is 2. The fraction of sp³-hybridized carbons (Fsp3) is 0.154. The van der Waals surface area contributed by atoms with Crippen LogP contribution in [0, 0.1) is 13.8 Å². The van der Waals surface area contributed by atoms with Crippen molar-refractivity contribution in [1.29, 1.82) is 0 Å². The number of hydrogen-bond acceptors (Lipinski definition) is 4. The van der Waals surface area contributed by atoms with Crippen LogP contribution in [-0.4, -0.2) is 13.4 Å². The summed E-state index contributed by atoms with van der Waals surface area (Å²) >= 11 is 9.18. The van der Waals surface area contributed by atoms with Crippen molar-refractivity contribution in [1.82, 2.24) is 4.98 Å². The third-order valence-electron chi connectivity index (χ3n) is 2.80. The zero-order valence-electron chi connectivity index (χ0n) is 11.3. The van der Waals surface area contributed by atoms with Crippen molar-refractivity contribution in [2.75, 3.05) is 10.5 Å². The van der Waals surface area contributed by atoms with Crippen LogP contribution in [0.3, 0.4) is 0 Å². The first-order valence-corrected chi connectivity index (χ1v) is 8.56. The van der Waals surface area contributed by atoms with Gasteiger partial charge < -0.3 is 5.73 Å². The summed E-state index contributed by atoms with van der Waals surface area (Å²) in [5.74, 6) is 0. The standard InChI is InChI=1S/C13H13BrClN3O2S/c1-7-3-11(13(15)17-6-7)18-21(19,20)12-5-10(16)9(14)4-8(12)2/h3-6,18H,16H2,1-2H3. The Hall–Kier alpha value is -1.31. The minimum Gasteiger partial charge on any atom is -0.398 e. The van der Waals surface area contributed by atoms with Gasteiger partial charge in [0, 0.05) is 16.4 Å². The topological polar surface area (TPSA) is 85.1 Å². The average molecular weight is 391 g/mol. The van der Waals surface area contributed by atoms with Crippen molar-refractivity contribution in [3.05, 3.63) is 45.1 Å². The number of aromatic nitrogens is 1. The molecule has 1 heterocycles. The van der Waals surface area contributed by atoms with E-state index in [9.17, 15) is 8.42 Å². The summed E-state index contributed by atoms with van der Waals surface area (Å²) < 4.78 is 28.0. The molecule has 0 bridgehead atoms. The van der Waals surface area contributed by atoms with E-state index < -0.39 is 10.0 Å². The Morgan fingerprint density at radius 3 is 2.62 bits per heavy atom. The molecule has 0 aliphatic heterocycles. The maximum absolute atomic E-state index is 12.5. The van der Waals surface area contributed by atoms with Crippen molar-refractivity contribution in [2.24, 2.45) is 0 Å². The number of hydrogen-bond donors (Lipinski definition) is 2. The lowest BCUT2D eigenvalue weighted by Gasteiger charge is -2.13. The zero-order valence-corrected chi connectivity index (χ0v) is 14.5. The minimum absolute atomic E-state index is 0.0897. The fourth-order valence-corrected chi connectivity index (χ4v) is 3.77. The smallest absolute Gasteiger partial charge is 0.262 e. The Morgan fingerprint density at radius 1 is 1.29 bits per heavy atom. The Balaban J connectivity index is 2.48. The van der Waals surface area contributed by atoms with E-state index in [1.54, 1.807) is 32.2 Å².